The SMILES string of the molecule is COC1(CNC(=O)CC(C)N)CCC1. The number of nitrogens with one attached hydrogen (secondary N) is 1. The number of methoxy groups -OCH3 is 1. The molecule has 0 aromatic carbocycles. The molecule has 82 valence electrons. The van der Waals surface area contributed by atoms with E-state index in [1.54, 1.807) is 7.11 Å². The van der Waals surface area contributed by atoms with Crippen LogP contribution < -0.4 is 11.1 Å². The van der Waals surface area contributed by atoms with E-state index in [4.69, 9.17) is 10.5 Å². The molecule has 14 heavy (non-hydrogen) atoms. The molecule has 1 unspecified atom stereocenters. The van der Waals surface area contributed by atoms with E-state index < -0.39 is 0 Å². The van der Waals surface area contributed by atoms with Crippen molar-refractivity contribution < 1.29 is 9.53 Å². The highest BCUT2D eigenvalue weighted by Gasteiger charge is 2.37. The first-order valence-corrected chi connectivity index (χ1v) is 5.15. The molecule has 1 fully saturated rings. The van der Waals surface area contributed by atoms with Gasteiger partial charge in [0.05, 0.1) is 5.60 Å². The second kappa shape index (κ2) is 4.75. The molecule has 1 saturated carbocycles. The maximum atomic E-state index is 11.3. The Morgan fingerprint density at radius 3 is 2.64 bits per heavy atom. The molecular formula is C10H20N2O2. The lowest BCUT2D eigenvalue weighted by molar-refractivity contribution is -0.125. The topological polar surface area (TPSA) is 64.3 Å². The van der Waals surface area contributed by atoms with Crippen LogP contribution in [0, 0.1) is 0 Å². The molecular weight excluding hydrogens is 180 g/mol. The van der Waals surface area contributed by atoms with E-state index in [9.17, 15) is 4.79 Å². The van der Waals surface area contributed by atoms with Gasteiger partial charge in [0.15, 0.2) is 0 Å². The maximum Gasteiger partial charge on any atom is 0.221 e. The molecule has 1 aliphatic carbocycles. The zero-order valence-electron chi connectivity index (χ0n) is 9.01. The monoisotopic (exact) mass is 200 g/mol. The van der Waals surface area contributed by atoms with Gasteiger partial charge in [-0.2, -0.15) is 0 Å². The molecule has 0 radical (unpaired) electrons. The first-order valence-electron chi connectivity index (χ1n) is 5.15. The van der Waals surface area contributed by atoms with E-state index in [-0.39, 0.29) is 17.6 Å². The van der Waals surface area contributed by atoms with Gasteiger partial charge < -0.3 is 15.8 Å². The van der Waals surface area contributed by atoms with E-state index in [1.807, 2.05) is 6.92 Å². The third-order valence-corrected chi connectivity index (χ3v) is 2.81. The van der Waals surface area contributed by atoms with Gasteiger partial charge in [0.25, 0.3) is 0 Å². The van der Waals surface area contributed by atoms with Crippen LogP contribution in [0.25, 0.3) is 0 Å². The first kappa shape index (κ1) is 11.5. The Bertz CT molecular complexity index is 195. The van der Waals surface area contributed by atoms with Gasteiger partial charge in [-0.15, -0.1) is 0 Å². The van der Waals surface area contributed by atoms with Gasteiger partial charge >= 0.3 is 0 Å². The van der Waals surface area contributed by atoms with Crippen LogP contribution in [0.1, 0.15) is 32.6 Å². The minimum absolute atomic E-state index is 0.0170. The lowest BCUT2D eigenvalue weighted by Crippen LogP contribution is -2.49. The molecule has 1 amide bonds. The molecule has 3 N–H and O–H groups in total. The molecule has 0 heterocycles. The number of amides is 1. The molecule has 4 heteroatoms. The van der Waals surface area contributed by atoms with Crippen molar-refractivity contribution in [3.63, 3.8) is 0 Å². The molecule has 1 aliphatic rings. The van der Waals surface area contributed by atoms with Crippen molar-refractivity contribution in [2.45, 2.75) is 44.2 Å². The molecule has 1 atom stereocenters. The van der Waals surface area contributed by atoms with Crippen LogP contribution in [0.3, 0.4) is 0 Å². The van der Waals surface area contributed by atoms with Crippen molar-refractivity contribution in [3.05, 3.63) is 0 Å². The van der Waals surface area contributed by atoms with Crippen molar-refractivity contribution in [3.8, 4) is 0 Å². The number of carbonyl (C=O) groups is 1. The number of hydrogen-bond donors (Lipinski definition) is 2. The highest BCUT2D eigenvalue weighted by atomic mass is 16.5. The summed E-state index contributed by atoms with van der Waals surface area (Å²) in [5.41, 5.74) is 5.43. The van der Waals surface area contributed by atoms with Crippen LogP contribution in [0.4, 0.5) is 0 Å². The number of hydrogen-bond acceptors (Lipinski definition) is 3. The maximum absolute atomic E-state index is 11.3. The summed E-state index contributed by atoms with van der Waals surface area (Å²) in [7, 11) is 1.71. The van der Waals surface area contributed by atoms with Crippen molar-refractivity contribution in [2.24, 2.45) is 5.73 Å². The summed E-state index contributed by atoms with van der Waals surface area (Å²) in [4.78, 5) is 11.3. The normalized spacial score (nSPS) is 21.1. The molecule has 1 rings (SSSR count). The first-order chi connectivity index (χ1) is 6.58. The molecule has 0 aromatic rings. The second-order valence-corrected chi connectivity index (χ2v) is 4.20. The fourth-order valence-electron chi connectivity index (χ4n) is 1.65. The van der Waals surface area contributed by atoms with Gasteiger partial charge in [-0.25, -0.2) is 0 Å². The highest BCUT2D eigenvalue weighted by molar-refractivity contribution is 5.76. The smallest absolute Gasteiger partial charge is 0.221 e. The summed E-state index contributed by atoms with van der Waals surface area (Å²) >= 11 is 0. The van der Waals surface area contributed by atoms with Gasteiger partial charge in [0, 0.05) is 26.1 Å². The van der Waals surface area contributed by atoms with Crippen LogP contribution in [-0.4, -0.2) is 31.2 Å². The molecule has 0 aromatic heterocycles. The van der Waals surface area contributed by atoms with Crippen LogP contribution in [0.5, 0.6) is 0 Å². The average Bonchev–Trinajstić information content (AvgIpc) is 2.01. The summed E-state index contributed by atoms with van der Waals surface area (Å²) in [6.07, 6.45) is 3.67. The second-order valence-electron chi connectivity index (χ2n) is 4.20. The fraction of sp³-hybridized carbons (Fsp3) is 0.900. The summed E-state index contributed by atoms with van der Waals surface area (Å²) in [5, 5.41) is 2.86. The highest BCUT2D eigenvalue weighted by Crippen LogP contribution is 2.34. The largest absolute Gasteiger partial charge is 0.376 e. The molecule has 0 bridgehead atoms. The number of carbonyl (C=O) groups excluding carboxylic acids is 1. The summed E-state index contributed by atoms with van der Waals surface area (Å²) in [6.45, 7) is 2.45. The number of ether oxygens (including phenoxy) is 1. The lowest BCUT2D eigenvalue weighted by atomic mass is 9.80. The Morgan fingerprint density at radius 1 is 1.64 bits per heavy atom. The standard InChI is InChI=1S/C10H20N2O2/c1-8(11)6-9(13)12-7-10(14-2)4-3-5-10/h8H,3-7,11H2,1-2H3,(H,12,13). The van der Waals surface area contributed by atoms with E-state index >= 15 is 0 Å². The fourth-order valence-corrected chi connectivity index (χ4v) is 1.65. The Morgan fingerprint density at radius 2 is 2.29 bits per heavy atom. The van der Waals surface area contributed by atoms with Crippen LogP contribution in [0.2, 0.25) is 0 Å². The summed E-state index contributed by atoms with van der Waals surface area (Å²) in [5.74, 6) is 0.0170. The predicted molar refractivity (Wildman–Crippen MR) is 54.9 cm³/mol. The third kappa shape index (κ3) is 2.96. The van der Waals surface area contributed by atoms with Crippen molar-refractivity contribution in [2.75, 3.05) is 13.7 Å². The Labute approximate surface area is 85.2 Å². The molecule has 0 saturated heterocycles. The average molecular weight is 200 g/mol. The summed E-state index contributed by atoms with van der Waals surface area (Å²) in [6, 6.07) is -0.0742. The Hall–Kier alpha value is -0.610. The van der Waals surface area contributed by atoms with Crippen molar-refractivity contribution in [1.29, 1.82) is 0 Å². The van der Waals surface area contributed by atoms with E-state index in [0.29, 0.717) is 13.0 Å². The van der Waals surface area contributed by atoms with Crippen LogP contribution in [0.15, 0.2) is 0 Å². The van der Waals surface area contributed by atoms with Gasteiger partial charge in [0.1, 0.15) is 0 Å². The van der Waals surface area contributed by atoms with Crippen molar-refractivity contribution in [1.82, 2.24) is 5.32 Å². The number of nitrogens with two attached hydrogens (primary N) is 1. The molecule has 0 spiro atoms. The van der Waals surface area contributed by atoms with E-state index in [1.165, 1.54) is 6.42 Å². The Kier molecular flexibility index (Phi) is 3.89. The Balaban J connectivity index is 2.22. The molecule has 0 aliphatic heterocycles. The van der Waals surface area contributed by atoms with Crippen LogP contribution >= 0.6 is 0 Å². The van der Waals surface area contributed by atoms with E-state index in [0.717, 1.165) is 12.8 Å². The third-order valence-electron chi connectivity index (χ3n) is 2.81. The quantitative estimate of drug-likeness (QED) is 0.675. The zero-order valence-corrected chi connectivity index (χ0v) is 9.01. The van der Waals surface area contributed by atoms with Gasteiger partial charge in [-0.05, 0) is 26.2 Å². The molecule has 4 nitrogen and oxygen atoms in total. The number of rotatable bonds is 5. The van der Waals surface area contributed by atoms with Gasteiger partial charge in [0.2, 0.25) is 5.91 Å². The zero-order chi connectivity index (χ0) is 10.6. The van der Waals surface area contributed by atoms with E-state index in [2.05, 4.69) is 5.32 Å². The minimum atomic E-state index is -0.0898. The minimum Gasteiger partial charge on any atom is -0.376 e. The predicted octanol–water partition coefficient (Wildman–Crippen LogP) is 0.409. The van der Waals surface area contributed by atoms with Crippen LogP contribution in [-0.2, 0) is 9.53 Å². The van der Waals surface area contributed by atoms with Gasteiger partial charge in [-0.1, -0.05) is 0 Å². The van der Waals surface area contributed by atoms with Gasteiger partial charge in [-0.3, -0.25) is 4.79 Å². The summed E-state index contributed by atoms with van der Waals surface area (Å²) < 4.78 is 5.38. The lowest BCUT2D eigenvalue weighted by Gasteiger charge is -2.40. The van der Waals surface area contributed by atoms with Crippen molar-refractivity contribution >= 4 is 5.91 Å².